The van der Waals surface area contributed by atoms with Gasteiger partial charge in [-0.15, -0.1) is 0 Å². The first kappa shape index (κ1) is 20.1. The van der Waals surface area contributed by atoms with Gasteiger partial charge in [0.15, 0.2) is 0 Å². The van der Waals surface area contributed by atoms with Crippen molar-refractivity contribution in [2.24, 2.45) is 23.2 Å². The summed E-state index contributed by atoms with van der Waals surface area (Å²) in [5.74, 6) is 2.64. The summed E-state index contributed by atoms with van der Waals surface area (Å²) in [6.45, 7) is 8.52. The van der Waals surface area contributed by atoms with Gasteiger partial charge in [0.05, 0.1) is 4.92 Å². The van der Waals surface area contributed by atoms with Gasteiger partial charge in [0.1, 0.15) is 5.69 Å². The second-order valence-corrected chi connectivity index (χ2v) is 11.0. The van der Waals surface area contributed by atoms with Crippen LogP contribution in [-0.4, -0.2) is 36.1 Å². The first-order chi connectivity index (χ1) is 14.3. The van der Waals surface area contributed by atoms with E-state index in [-0.39, 0.29) is 16.7 Å². The van der Waals surface area contributed by atoms with E-state index in [1.165, 1.54) is 38.5 Å². The van der Waals surface area contributed by atoms with Gasteiger partial charge in [-0.1, -0.05) is 0 Å². The largest absolute Gasteiger partial charge is 0.376 e. The molecule has 2 N–H and O–H groups in total. The van der Waals surface area contributed by atoms with E-state index in [1.807, 2.05) is 12.1 Å². The molecule has 0 spiro atoms. The van der Waals surface area contributed by atoms with Crippen molar-refractivity contribution in [2.75, 3.05) is 23.3 Å². The Bertz CT molecular complexity index is 780. The number of piperazine rings is 1. The van der Waals surface area contributed by atoms with Crippen molar-refractivity contribution in [1.29, 1.82) is 0 Å². The van der Waals surface area contributed by atoms with E-state index in [2.05, 4.69) is 36.3 Å². The molecule has 4 saturated carbocycles. The Labute approximate surface area is 179 Å². The number of hydrogen-bond acceptors (Lipinski definition) is 5. The summed E-state index contributed by atoms with van der Waals surface area (Å²) in [6, 6.07) is 6.73. The molecule has 6 rings (SSSR count). The highest BCUT2D eigenvalue weighted by Gasteiger charge is 2.53. The summed E-state index contributed by atoms with van der Waals surface area (Å²) in [5, 5.41) is 19.0. The summed E-state index contributed by atoms with van der Waals surface area (Å²) in [5.41, 5.74) is 2.30. The quantitative estimate of drug-likeness (QED) is 0.537. The van der Waals surface area contributed by atoms with Gasteiger partial charge in [-0.05, 0) is 94.6 Å². The lowest BCUT2D eigenvalue weighted by molar-refractivity contribution is -0.384. The maximum atomic E-state index is 11.8. The van der Waals surface area contributed by atoms with Gasteiger partial charge in [-0.3, -0.25) is 10.1 Å². The smallest absolute Gasteiger partial charge is 0.292 e. The second-order valence-electron chi connectivity index (χ2n) is 11.0. The Kier molecular flexibility index (Phi) is 4.96. The molecule has 164 valence electrons. The summed E-state index contributed by atoms with van der Waals surface area (Å²) < 4.78 is 0. The lowest BCUT2D eigenvalue weighted by Gasteiger charge is -2.59. The Morgan fingerprint density at radius 2 is 1.67 bits per heavy atom. The molecule has 4 aliphatic carbocycles. The predicted molar refractivity (Wildman–Crippen MR) is 121 cm³/mol. The van der Waals surface area contributed by atoms with Crippen molar-refractivity contribution in [3.05, 3.63) is 28.3 Å². The molecule has 0 aromatic heterocycles. The molecule has 5 aliphatic rings. The van der Waals surface area contributed by atoms with Crippen molar-refractivity contribution in [2.45, 2.75) is 77.4 Å². The van der Waals surface area contributed by atoms with Crippen molar-refractivity contribution >= 4 is 17.1 Å². The number of nitrogens with one attached hydrogen (secondary N) is 2. The third kappa shape index (κ3) is 3.57. The maximum Gasteiger partial charge on any atom is 0.292 e. The number of benzene rings is 1. The zero-order valence-electron chi connectivity index (χ0n) is 18.6. The molecular formula is C24H36N4O2. The molecule has 1 aliphatic heterocycles. The fourth-order valence-corrected chi connectivity index (χ4v) is 7.63. The molecule has 1 aromatic rings. The third-order valence-corrected chi connectivity index (χ3v) is 8.48. The van der Waals surface area contributed by atoms with Crippen LogP contribution in [0.1, 0.15) is 59.3 Å². The van der Waals surface area contributed by atoms with Gasteiger partial charge < -0.3 is 15.5 Å². The number of nitro benzene ring substituents is 1. The Morgan fingerprint density at radius 1 is 1.10 bits per heavy atom. The number of nitrogens with zero attached hydrogens (tertiary/aromatic N) is 2. The van der Waals surface area contributed by atoms with E-state index in [0.29, 0.717) is 23.2 Å². The summed E-state index contributed by atoms with van der Waals surface area (Å²) in [6.07, 6.45) is 8.15. The first-order valence-corrected chi connectivity index (χ1v) is 11.9. The fraction of sp³-hybridized carbons (Fsp3) is 0.750. The van der Waals surface area contributed by atoms with Gasteiger partial charge in [-0.2, -0.15) is 0 Å². The van der Waals surface area contributed by atoms with Gasteiger partial charge in [0.2, 0.25) is 0 Å². The highest BCUT2D eigenvalue weighted by atomic mass is 16.6. The van der Waals surface area contributed by atoms with Crippen LogP contribution >= 0.6 is 0 Å². The van der Waals surface area contributed by atoms with Crippen LogP contribution in [0.5, 0.6) is 0 Å². The minimum atomic E-state index is -0.235. The monoisotopic (exact) mass is 412 g/mol. The standard InChI is InChI=1S/C24H36N4O2/c1-15-13-27(14-16(2)25-15)21-4-5-23(28(29)30)22(9-21)26-17(3)24-10-18-6-19(11-24)8-20(7-18)12-24/h4-5,9,15-20,25-26H,6-8,10-14H2,1-3H3/t15-,16-,17-,18?,19?,20?,24?/m1/s1. The van der Waals surface area contributed by atoms with Crippen LogP contribution in [0.2, 0.25) is 0 Å². The molecule has 5 fully saturated rings. The molecule has 1 heterocycles. The molecule has 3 atom stereocenters. The number of rotatable bonds is 5. The number of nitro groups is 1. The summed E-state index contributed by atoms with van der Waals surface area (Å²) in [7, 11) is 0. The number of hydrogen-bond donors (Lipinski definition) is 2. The van der Waals surface area contributed by atoms with Crippen LogP contribution in [0.15, 0.2) is 18.2 Å². The molecule has 0 unspecified atom stereocenters. The average molecular weight is 413 g/mol. The lowest BCUT2D eigenvalue weighted by Crippen LogP contribution is -2.54. The van der Waals surface area contributed by atoms with E-state index in [0.717, 1.165) is 36.5 Å². The Morgan fingerprint density at radius 3 is 2.20 bits per heavy atom. The zero-order chi connectivity index (χ0) is 21.0. The molecule has 1 aromatic carbocycles. The topological polar surface area (TPSA) is 70.4 Å². The Balaban J connectivity index is 1.41. The van der Waals surface area contributed by atoms with E-state index in [9.17, 15) is 10.1 Å². The Hall–Kier alpha value is -1.82. The van der Waals surface area contributed by atoms with Crippen molar-refractivity contribution in [1.82, 2.24) is 5.32 Å². The molecule has 6 nitrogen and oxygen atoms in total. The van der Waals surface area contributed by atoms with Gasteiger partial charge in [-0.25, -0.2) is 0 Å². The molecule has 1 saturated heterocycles. The SMILES string of the molecule is C[C@@H]1CN(c2ccc([N+](=O)[O-])c(N[C@H](C)C34CC5CC(CC(C5)C3)C4)c2)C[C@@H](C)N1. The van der Waals surface area contributed by atoms with Crippen LogP contribution in [0.25, 0.3) is 0 Å². The maximum absolute atomic E-state index is 11.8. The number of anilines is 2. The van der Waals surface area contributed by atoms with E-state index in [1.54, 1.807) is 6.07 Å². The average Bonchev–Trinajstić information content (AvgIpc) is 2.66. The van der Waals surface area contributed by atoms with Crippen LogP contribution in [-0.2, 0) is 0 Å². The second kappa shape index (κ2) is 7.40. The van der Waals surface area contributed by atoms with E-state index >= 15 is 0 Å². The molecular weight excluding hydrogens is 376 g/mol. The van der Waals surface area contributed by atoms with Crippen LogP contribution in [0, 0.1) is 33.3 Å². The van der Waals surface area contributed by atoms with Gasteiger partial charge in [0.25, 0.3) is 5.69 Å². The van der Waals surface area contributed by atoms with Crippen molar-refractivity contribution in [3.8, 4) is 0 Å². The molecule has 6 heteroatoms. The zero-order valence-corrected chi connectivity index (χ0v) is 18.6. The van der Waals surface area contributed by atoms with E-state index in [4.69, 9.17) is 0 Å². The fourth-order valence-electron chi connectivity index (χ4n) is 7.63. The highest BCUT2D eigenvalue weighted by Crippen LogP contribution is 2.61. The van der Waals surface area contributed by atoms with Crippen molar-refractivity contribution < 1.29 is 4.92 Å². The molecule has 4 bridgehead atoms. The minimum absolute atomic E-state index is 0.201. The minimum Gasteiger partial charge on any atom is -0.376 e. The van der Waals surface area contributed by atoms with Crippen molar-refractivity contribution in [3.63, 3.8) is 0 Å². The predicted octanol–water partition coefficient (Wildman–Crippen LogP) is 4.80. The first-order valence-electron chi connectivity index (χ1n) is 11.9. The summed E-state index contributed by atoms with van der Waals surface area (Å²) in [4.78, 5) is 13.9. The third-order valence-electron chi connectivity index (χ3n) is 8.48. The summed E-state index contributed by atoms with van der Waals surface area (Å²) >= 11 is 0. The van der Waals surface area contributed by atoms with Gasteiger partial charge in [0, 0.05) is 43.0 Å². The van der Waals surface area contributed by atoms with Crippen LogP contribution in [0.3, 0.4) is 0 Å². The van der Waals surface area contributed by atoms with Crippen LogP contribution in [0.4, 0.5) is 17.1 Å². The molecule has 30 heavy (non-hydrogen) atoms. The molecule has 0 radical (unpaired) electrons. The molecule has 0 amide bonds. The highest BCUT2D eigenvalue weighted by molar-refractivity contribution is 5.69. The van der Waals surface area contributed by atoms with E-state index < -0.39 is 0 Å². The van der Waals surface area contributed by atoms with Crippen LogP contribution < -0.4 is 15.5 Å². The normalized spacial score (nSPS) is 38.5. The van der Waals surface area contributed by atoms with Gasteiger partial charge >= 0.3 is 0 Å². The lowest BCUT2D eigenvalue weighted by atomic mass is 9.48.